The normalized spacial score (nSPS) is 10.6. The smallest absolute Gasteiger partial charge is 0.379 e. The van der Waals surface area contributed by atoms with E-state index in [0.717, 1.165) is 0 Å². The van der Waals surface area contributed by atoms with Gasteiger partial charge in [0.1, 0.15) is 0 Å². The zero-order valence-corrected chi connectivity index (χ0v) is 15.6. The van der Waals surface area contributed by atoms with Crippen molar-refractivity contribution in [3.63, 3.8) is 0 Å². The maximum atomic E-state index is 12.0. The molecule has 0 fully saturated rings. The van der Waals surface area contributed by atoms with Gasteiger partial charge in [-0.15, -0.1) is 0 Å². The van der Waals surface area contributed by atoms with Gasteiger partial charge in [-0.2, -0.15) is 5.10 Å². The van der Waals surface area contributed by atoms with Gasteiger partial charge in [-0.05, 0) is 48.0 Å². The van der Waals surface area contributed by atoms with Crippen molar-refractivity contribution in [1.82, 2.24) is 5.43 Å². The summed E-state index contributed by atoms with van der Waals surface area (Å²) >= 11 is 0. The van der Waals surface area contributed by atoms with Crippen molar-refractivity contribution in [2.45, 2.75) is 0 Å². The number of nitro groups is 1. The molecule has 3 rings (SSSR count). The molecule has 0 saturated carbocycles. The Bertz CT molecular complexity index is 1090. The van der Waals surface area contributed by atoms with Crippen molar-refractivity contribution in [2.75, 3.05) is 7.11 Å². The van der Waals surface area contributed by atoms with E-state index in [1.54, 1.807) is 18.2 Å². The molecule has 1 N–H and O–H groups in total. The van der Waals surface area contributed by atoms with Gasteiger partial charge in [0.25, 0.3) is 11.6 Å². The monoisotopic (exact) mass is 409 g/mol. The summed E-state index contributed by atoms with van der Waals surface area (Å²) in [7, 11) is 1.41. The number of carbonyl (C=O) groups is 2. The van der Waals surface area contributed by atoms with Gasteiger partial charge in [-0.3, -0.25) is 14.9 Å². The first-order chi connectivity index (χ1) is 14.5. The highest BCUT2D eigenvalue weighted by Gasteiger charge is 2.15. The summed E-state index contributed by atoms with van der Waals surface area (Å²) in [5.41, 5.74) is 2.99. The third-order valence-corrected chi connectivity index (χ3v) is 3.83. The number of benzene rings is 2. The van der Waals surface area contributed by atoms with E-state index in [9.17, 15) is 19.7 Å². The van der Waals surface area contributed by atoms with Crippen LogP contribution in [0.3, 0.4) is 0 Å². The van der Waals surface area contributed by atoms with Crippen LogP contribution in [-0.2, 0) is 0 Å². The number of esters is 1. The third-order valence-electron chi connectivity index (χ3n) is 3.83. The van der Waals surface area contributed by atoms with Crippen LogP contribution in [0.4, 0.5) is 5.69 Å². The van der Waals surface area contributed by atoms with Crippen LogP contribution in [0.2, 0.25) is 0 Å². The number of hydrazone groups is 1. The van der Waals surface area contributed by atoms with Crippen molar-refractivity contribution in [3.8, 4) is 11.5 Å². The Morgan fingerprint density at radius 1 is 1.13 bits per heavy atom. The van der Waals surface area contributed by atoms with Gasteiger partial charge in [0.2, 0.25) is 5.76 Å². The number of methoxy groups -OCH3 is 1. The summed E-state index contributed by atoms with van der Waals surface area (Å²) in [5.74, 6) is -0.685. The molecule has 1 amide bonds. The fourth-order valence-corrected chi connectivity index (χ4v) is 2.36. The molecule has 10 nitrogen and oxygen atoms in total. The van der Waals surface area contributed by atoms with Gasteiger partial charge in [0.05, 0.1) is 24.5 Å². The summed E-state index contributed by atoms with van der Waals surface area (Å²) in [5, 5.41) is 14.5. The number of hydrogen-bond acceptors (Lipinski definition) is 8. The zero-order valence-electron chi connectivity index (χ0n) is 15.6. The Kier molecular flexibility index (Phi) is 6.18. The lowest BCUT2D eigenvalue weighted by molar-refractivity contribution is -0.384. The van der Waals surface area contributed by atoms with Crippen LogP contribution < -0.4 is 14.9 Å². The molecule has 10 heteroatoms. The maximum absolute atomic E-state index is 12.0. The average Bonchev–Trinajstić information content (AvgIpc) is 3.29. The van der Waals surface area contributed by atoms with E-state index >= 15 is 0 Å². The minimum atomic E-state index is -0.671. The van der Waals surface area contributed by atoms with Gasteiger partial charge in [-0.1, -0.05) is 0 Å². The Morgan fingerprint density at radius 2 is 1.90 bits per heavy atom. The van der Waals surface area contributed by atoms with Crippen molar-refractivity contribution in [3.05, 3.63) is 87.9 Å². The highest BCUT2D eigenvalue weighted by atomic mass is 16.6. The lowest BCUT2D eigenvalue weighted by atomic mass is 10.2. The number of non-ortho nitro benzene ring substituents is 1. The predicted octanol–water partition coefficient (Wildman–Crippen LogP) is 3.18. The minimum Gasteiger partial charge on any atom is -0.493 e. The number of furan rings is 1. The average molecular weight is 409 g/mol. The number of nitrogens with one attached hydrogen (secondary N) is 1. The fourth-order valence-electron chi connectivity index (χ4n) is 2.36. The van der Waals surface area contributed by atoms with Gasteiger partial charge in [0.15, 0.2) is 11.5 Å². The summed E-state index contributed by atoms with van der Waals surface area (Å²) in [6.45, 7) is 0. The van der Waals surface area contributed by atoms with Crippen LogP contribution in [0, 0.1) is 10.1 Å². The molecule has 0 aliphatic rings. The van der Waals surface area contributed by atoms with E-state index in [2.05, 4.69) is 10.5 Å². The topological polar surface area (TPSA) is 133 Å². The van der Waals surface area contributed by atoms with Gasteiger partial charge >= 0.3 is 5.97 Å². The van der Waals surface area contributed by atoms with Crippen LogP contribution in [0.25, 0.3) is 0 Å². The summed E-state index contributed by atoms with van der Waals surface area (Å²) in [4.78, 5) is 34.1. The lowest BCUT2D eigenvalue weighted by Crippen LogP contribution is -2.17. The summed E-state index contributed by atoms with van der Waals surface area (Å²) < 4.78 is 15.4. The predicted molar refractivity (Wildman–Crippen MR) is 105 cm³/mol. The molecular formula is C20H15N3O7. The molecule has 0 aliphatic carbocycles. The molecule has 30 heavy (non-hydrogen) atoms. The molecule has 0 bridgehead atoms. The van der Waals surface area contributed by atoms with E-state index in [-0.39, 0.29) is 28.5 Å². The van der Waals surface area contributed by atoms with E-state index < -0.39 is 16.8 Å². The van der Waals surface area contributed by atoms with Crippen LogP contribution in [0.15, 0.2) is 70.4 Å². The molecule has 0 unspecified atom stereocenters. The van der Waals surface area contributed by atoms with Crippen LogP contribution in [0.1, 0.15) is 26.5 Å². The van der Waals surface area contributed by atoms with Crippen molar-refractivity contribution < 1.29 is 28.4 Å². The zero-order chi connectivity index (χ0) is 21.5. The molecule has 1 heterocycles. The molecule has 2 aromatic carbocycles. The van der Waals surface area contributed by atoms with E-state index in [0.29, 0.717) is 5.56 Å². The second kappa shape index (κ2) is 9.15. The molecular weight excluding hydrogens is 394 g/mol. The van der Waals surface area contributed by atoms with E-state index in [4.69, 9.17) is 13.9 Å². The Hall–Kier alpha value is -4.47. The second-order valence-electron chi connectivity index (χ2n) is 5.78. The van der Waals surface area contributed by atoms with Gasteiger partial charge < -0.3 is 13.9 Å². The molecule has 0 spiro atoms. The Labute approximate surface area is 169 Å². The number of nitrogens with zero attached hydrogens (tertiary/aromatic N) is 2. The number of ether oxygens (including phenoxy) is 2. The Morgan fingerprint density at radius 3 is 2.53 bits per heavy atom. The van der Waals surface area contributed by atoms with Gasteiger partial charge in [-0.25, -0.2) is 10.2 Å². The SMILES string of the molecule is COc1cc(/C=N\NC(=O)c2ccc([N+](=O)[O-])cc2)ccc1OC(=O)c1ccco1. The largest absolute Gasteiger partial charge is 0.493 e. The van der Waals surface area contributed by atoms with E-state index in [1.807, 2.05) is 0 Å². The maximum Gasteiger partial charge on any atom is 0.379 e. The van der Waals surface area contributed by atoms with Crippen molar-refractivity contribution >= 4 is 23.8 Å². The number of rotatable bonds is 7. The molecule has 0 saturated heterocycles. The fraction of sp³-hybridized carbons (Fsp3) is 0.0500. The number of carbonyl (C=O) groups excluding carboxylic acids is 2. The first kappa shape index (κ1) is 20.3. The number of nitro benzene ring substituents is 1. The molecule has 0 aliphatic heterocycles. The second-order valence-corrected chi connectivity index (χ2v) is 5.78. The van der Waals surface area contributed by atoms with Crippen LogP contribution in [-0.4, -0.2) is 30.1 Å². The molecule has 0 atom stereocenters. The quantitative estimate of drug-likeness (QED) is 0.208. The van der Waals surface area contributed by atoms with Crippen LogP contribution >= 0.6 is 0 Å². The highest BCUT2D eigenvalue weighted by molar-refractivity contribution is 5.95. The minimum absolute atomic E-state index is 0.0525. The molecule has 1 aromatic heterocycles. The number of hydrogen-bond donors (Lipinski definition) is 1. The van der Waals surface area contributed by atoms with Crippen molar-refractivity contribution in [1.29, 1.82) is 0 Å². The first-order valence-electron chi connectivity index (χ1n) is 8.49. The summed E-state index contributed by atoms with van der Waals surface area (Å²) in [6.07, 6.45) is 2.72. The standard InChI is InChI=1S/C20H15N3O7/c1-28-18-11-13(4-9-16(18)30-20(25)17-3-2-10-29-17)12-21-22-19(24)14-5-7-15(8-6-14)23(26)27/h2-12H,1H3,(H,22,24)/b21-12-. The summed E-state index contributed by atoms with van der Waals surface area (Å²) in [6, 6.07) is 12.8. The van der Waals surface area contributed by atoms with Crippen molar-refractivity contribution in [2.24, 2.45) is 5.10 Å². The first-order valence-corrected chi connectivity index (χ1v) is 8.49. The lowest BCUT2D eigenvalue weighted by Gasteiger charge is -2.09. The molecule has 3 aromatic rings. The van der Waals surface area contributed by atoms with Gasteiger partial charge in [0, 0.05) is 17.7 Å². The number of amides is 1. The third kappa shape index (κ3) is 4.87. The van der Waals surface area contributed by atoms with Crippen LogP contribution in [0.5, 0.6) is 11.5 Å². The highest BCUT2D eigenvalue weighted by Crippen LogP contribution is 2.28. The molecule has 0 radical (unpaired) electrons. The Balaban J connectivity index is 1.64. The molecule has 152 valence electrons. The van der Waals surface area contributed by atoms with E-state index in [1.165, 1.54) is 56.0 Å².